The second-order valence-electron chi connectivity index (χ2n) is 2.86. The quantitative estimate of drug-likeness (QED) is 0.192. The SMILES string of the molecule is C=CC(=O)OC(COCCC)CO[N+](=O)[O-]. The molecule has 0 radical (unpaired) electrons. The third-order valence-corrected chi connectivity index (χ3v) is 1.47. The largest absolute Gasteiger partial charge is 0.455 e. The summed E-state index contributed by atoms with van der Waals surface area (Å²) in [6.07, 6.45) is 0.972. The first kappa shape index (κ1) is 14.4. The summed E-state index contributed by atoms with van der Waals surface area (Å²) in [7, 11) is 0. The van der Waals surface area contributed by atoms with E-state index in [2.05, 4.69) is 11.4 Å². The molecule has 0 aromatic carbocycles. The molecule has 16 heavy (non-hydrogen) atoms. The molecule has 0 aliphatic rings. The summed E-state index contributed by atoms with van der Waals surface area (Å²) < 4.78 is 9.89. The van der Waals surface area contributed by atoms with Crippen LogP contribution in [-0.4, -0.2) is 37.0 Å². The molecular weight excluding hydrogens is 218 g/mol. The van der Waals surface area contributed by atoms with Crippen LogP contribution in [0, 0.1) is 10.1 Å². The van der Waals surface area contributed by atoms with Crippen LogP contribution in [0.1, 0.15) is 13.3 Å². The van der Waals surface area contributed by atoms with Gasteiger partial charge in [-0.3, -0.25) is 0 Å². The Kier molecular flexibility index (Phi) is 7.78. The lowest BCUT2D eigenvalue weighted by atomic mass is 10.4. The first-order valence-corrected chi connectivity index (χ1v) is 4.78. The highest BCUT2D eigenvalue weighted by Crippen LogP contribution is 1.98. The third kappa shape index (κ3) is 7.74. The molecule has 0 saturated heterocycles. The average Bonchev–Trinajstić information content (AvgIpc) is 2.25. The average molecular weight is 233 g/mol. The van der Waals surface area contributed by atoms with Crippen molar-refractivity contribution in [1.82, 2.24) is 0 Å². The number of hydrogen-bond donors (Lipinski definition) is 0. The van der Waals surface area contributed by atoms with Crippen molar-refractivity contribution in [3.8, 4) is 0 Å². The van der Waals surface area contributed by atoms with Gasteiger partial charge in [-0.05, 0) is 6.42 Å². The van der Waals surface area contributed by atoms with Gasteiger partial charge in [-0.15, -0.1) is 10.1 Å². The van der Waals surface area contributed by atoms with Gasteiger partial charge in [0.2, 0.25) is 0 Å². The molecule has 0 bridgehead atoms. The molecule has 0 heterocycles. The lowest BCUT2D eigenvalue weighted by molar-refractivity contribution is -0.759. The molecule has 0 fully saturated rings. The highest BCUT2D eigenvalue weighted by atomic mass is 17.0. The van der Waals surface area contributed by atoms with E-state index in [0.717, 1.165) is 12.5 Å². The normalized spacial score (nSPS) is 11.6. The van der Waals surface area contributed by atoms with Crippen LogP contribution >= 0.6 is 0 Å². The lowest BCUT2D eigenvalue weighted by Gasteiger charge is -2.15. The van der Waals surface area contributed by atoms with E-state index >= 15 is 0 Å². The Labute approximate surface area is 93.1 Å². The van der Waals surface area contributed by atoms with Gasteiger partial charge in [-0.1, -0.05) is 13.5 Å². The molecule has 1 atom stereocenters. The monoisotopic (exact) mass is 233 g/mol. The highest BCUT2D eigenvalue weighted by Gasteiger charge is 2.15. The second-order valence-corrected chi connectivity index (χ2v) is 2.86. The molecule has 92 valence electrons. The van der Waals surface area contributed by atoms with Crippen molar-refractivity contribution in [1.29, 1.82) is 0 Å². The maximum atomic E-state index is 10.9. The van der Waals surface area contributed by atoms with E-state index in [1.807, 2.05) is 6.92 Å². The molecule has 0 saturated carbocycles. The zero-order chi connectivity index (χ0) is 12.4. The van der Waals surface area contributed by atoms with E-state index < -0.39 is 17.2 Å². The van der Waals surface area contributed by atoms with E-state index in [1.165, 1.54) is 0 Å². The summed E-state index contributed by atoms with van der Waals surface area (Å²) in [4.78, 5) is 25.0. The van der Waals surface area contributed by atoms with Crippen molar-refractivity contribution in [2.24, 2.45) is 0 Å². The van der Waals surface area contributed by atoms with Crippen LogP contribution < -0.4 is 0 Å². The maximum Gasteiger partial charge on any atom is 0.330 e. The minimum Gasteiger partial charge on any atom is -0.455 e. The van der Waals surface area contributed by atoms with Gasteiger partial charge in [-0.25, -0.2) is 4.79 Å². The second kappa shape index (κ2) is 8.66. The van der Waals surface area contributed by atoms with Gasteiger partial charge in [0.1, 0.15) is 12.7 Å². The van der Waals surface area contributed by atoms with Crippen molar-refractivity contribution < 1.29 is 24.2 Å². The first-order valence-electron chi connectivity index (χ1n) is 4.78. The zero-order valence-corrected chi connectivity index (χ0v) is 9.09. The molecule has 0 aliphatic carbocycles. The first-order chi connectivity index (χ1) is 7.60. The number of ether oxygens (including phenoxy) is 2. The third-order valence-electron chi connectivity index (χ3n) is 1.47. The van der Waals surface area contributed by atoms with E-state index in [0.29, 0.717) is 6.61 Å². The summed E-state index contributed by atoms with van der Waals surface area (Å²) in [5, 5.41) is 9.02. The highest BCUT2D eigenvalue weighted by molar-refractivity contribution is 5.81. The minimum atomic E-state index is -0.950. The predicted octanol–water partition coefficient (Wildman–Crippen LogP) is 0.719. The van der Waals surface area contributed by atoms with Crippen LogP contribution in [0.3, 0.4) is 0 Å². The molecule has 1 unspecified atom stereocenters. The molecule has 0 aromatic rings. The lowest BCUT2D eigenvalue weighted by Crippen LogP contribution is -2.29. The Hall–Kier alpha value is -1.63. The molecule has 0 spiro atoms. The molecule has 0 N–H and O–H groups in total. The standard InChI is InChI=1S/C9H15NO6/c1-3-5-14-6-8(7-15-10(12)13)16-9(11)4-2/h4,8H,2-3,5-7H2,1H3. The van der Waals surface area contributed by atoms with Crippen LogP contribution in [0.25, 0.3) is 0 Å². The topological polar surface area (TPSA) is 87.9 Å². The van der Waals surface area contributed by atoms with Crippen LogP contribution in [0.2, 0.25) is 0 Å². The van der Waals surface area contributed by atoms with Gasteiger partial charge in [0.15, 0.2) is 0 Å². The van der Waals surface area contributed by atoms with Gasteiger partial charge < -0.3 is 14.3 Å². The number of carbonyl (C=O) groups excluding carboxylic acids is 1. The molecule has 0 amide bonds. The Morgan fingerprint density at radius 1 is 1.56 bits per heavy atom. The van der Waals surface area contributed by atoms with E-state index in [9.17, 15) is 14.9 Å². The van der Waals surface area contributed by atoms with Crippen LogP contribution in [0.15, 0.2) is 12.7 Å². The van der Waals surface area contributed by atoms with Crippen molar-refractivity contribution in [3.05, 3.63) is 22.8 Å². The Balaban J connectivity index is 3.99. The van der Waals surface area contributed by atoms with Crippen LogP contribution in [0.4, 0.5) is 0 Å². The number of hydrogen-bond acceptors (Lipinski definition) is 6. The number of rotatable bonds is 9. The summed E-state index contributed by atoms with van der Waals surface area (Å²) in [6, 6.07) is 0. The van der Waals surface area contributed by atoms with Gasteiger partial charge in [0.05, 0.1) is 6.61 Å². The fraction of sp³-hybridized carbons (Fsp3) is 0.667. The van der Waals surface area contributed by atoms with Crippen LogP contribution in [-0.2, 0) is 19.1 Å². The van der Waals surface area contributed by atoms with Crippen molar-refractivity contribution in [3.63, 3.8) is 0 Å². The zero-order valence-electron chi connectivity index (χ0n) is 9.09. The van der Waals surface area contributed by atoms with Crippen molar-refractivity contribution >= 4 is 5.97 Å². The number of nitrogens with zero attached hydrogens (tertiary/aromatic N) is 1. The molecular formula is C9H15NO6. The van der Waals surface area contributed by atoms with E-state index in [4.69, 9.17) is 9.47 Å². The van der Waals surface area contributed by atoms with Crippen molar-refractivity contribution in [2.45, 2.75) is 19.4 Å². The Morgan fingerprint density at radius 2 is 2.25 bits per heavy atom. The summed E-state index contributed by atoms with van der Waals surface area (Å²) >= 11 is 0. The molecule has 7 heteroatoms. The van der Waals surface area contributed by atoms with Gasteiger partial charge in [0.25, 0.3) is 5.09 Å². The van der Waals surface area contributed by atoms with Crippen LogP contribution in [0.5, 0.6) is 0 Å². The molecule has 0 aliphatic heterocycles. The molecule has 0 rings (SSSR count). The smallest absolute Gasteiger partial charge is 0.330 e. The summed E-state index contributed by atoms with van der Waals surface area (Å²) in [5.74, 6) is -0.669. The van der Waals surface area contributed by atoms with E-state index in [-0.39, 0.29) is 13.2 Å². The Morgan fingerprint density at radius 3 is 2.75 bits per heavy atom. The molecule has 0 aromatic heterocycles. The number of carbonyl (C=O) groups is 1. The van der Waals surface area contributed by atoms with Gasteiger partial charge >= 0.3 is 5.97 Å². The maximum absolute atomic E-state index is 10.9. The summed E-state index contributed by atoms with van der Waals surface area (Å²) in [6.45, 7) is 5.32. The van der Waals surface area contributed by atoms with Gasteiger partial charge in [-0.2, -0.15) is 0 Å². The Bertz CT molecular complexity index is 242. The fourth-order valence-corrected chi connectivity index (χ4v) is 0.832. The summed E-state index contributed by atoms with van der Waals surface area (Å²) in [5.41, 5.74) is 0. The van der Waals surface area contributed by atoms with E-state index in [1.54, 1.807) is 0 Å². The fourth-order valence-electron chi connectivity index (χ4n) is 0.832. The number of esters is 1. The minimum absolute atomic E-state index is 0.0568. The molecule has 7 nitrogen and oxygen atoms in total. The van der Waals surface area contributed by atoms with Crippen molar-refractivity contribution in [2.75, 3.05) is 19.8 Å². The van der Waals surface area contributed by atoms with Gasteiger partial charge in [0, 0.05) is 12.7 Å². The predicted molar refractivity (Wildman–Crippen MR) is 54.1 cm³/mol.